The zero-order valence-corrected chi connectivity index (χ0v) is 22.8. The molecular formula is C28H33N3O6S. The molecule has 0 aliphatic carbocycles. The van der Waals surface area contributed by atoms with Gasteiger partial charge in [-0.3, -0.25) is 13.9 Å². The van der Waals surface area contributed by atoms with Gasteiger partial charge in [0.1, 0.15) is 24.1 Å². The van der Waals surface area contributed by atoms with Crippen LogP contribution in [0.3, 0.4) is 0 Å². The van der Waals surface area contributed by atoms with Crippen molar-refractivity contribution >= 4 is 27.5 Å². The van der Waals surface area contributed by atoms with Crippen LogP contribution in [0.5, 0.6) is 11.5 Å². The number of likely N-dealkylation sites (N-methyl/N-ethyl adjacent to an activating group) is 1. The van der Waals surface area contributed by atoms with Crippen LogP contribution in [0.2, 0.25) is 0 Å². The van der Waals surface area contributed by atoms with Gasteiger partial charge in [0.25, 0.3) is 10.0 Å². The minimum Gasteiger partial charge on any atom is -0.497 e. The largest absolute Gasteiger partial charge is 0.497 e. The summed E-state index contributed by atoms with van der Waals surface area (Å²) >= 11 is 0. The fraction of sp³-hybridized carbons (Fsp3) is 0.286. The van der Waals surface area contributed by atoms with Gasteiger partial charge in [0.05, 0.1) is 24.8 Å². The minimum absolute atomic E-state index is 0.00376. The normalized spacial score (nSPS) is 11.8. The van der Waals surface area contributed by atoms with Crippen molar-refractivity contribution in [2.24, 2.45) is 0 Å². The summed E-state index contributed by atoms with van der Waals surface area (Å²) in [5.41, 5.74) is 0.933. The molecule has 0 aliphatic heterocycles. The van der Waals surface area contributed by atoms with Gasteiger partial charge in [-0.25, -0.2) is 8.42 Å². The van der Waals surface area contributed by atoms with Gasteiger partial charge in [-0.15, -0.1) is 0 Å². The summed E-state index contributed by atoms with van der Waals surface area (Å²) in [4.78, 5) is 28.0. The van der Waals surface area contributed by atoms with Crippen LogP contribution in [0, 0.1) is 0 Å². The van der Waals surface area contributed by atoms with Crippen molar-refractivity contribution in [3.63, 3.8) is 0 Å². The van der Waals surface area contributed by atoms with E-state index in [9.17, 15) is 18.0 Å². The van der Waals surface area contributed by atoms with Gasteiger partial charge in [0, 0.05) is 19.2 Å². The Balaban J connectivity index is 2.10. The molecule has 0 saturated heterocycles. The number of methoxy groups -OCH3 is 2. The van der Waals surface area contributed by atoms with E-state index in [1.807, 2.05) is 30.3 Å². The third kappa shape index (κ3) is 6.63. The maximum atomic E-state index is 13.9. The lowest BCUT2D eigenvalue weighted by molar-refractivity contribution is -0.139. The molecule has 0 aliphatic rings. The molecule has 9 nitrogen and oxygen atoms in total. The molecule has 0 fully saturated rings. The molecule has 0 aromatic heterocycles. The van der Waals surface area contributed by atoms with Crippen molar-refractivity contribution in [2.75, 3.05) is 31.6 Å². The van der Waals surface area contributed by atoms with Gasteiger partial charge in [0.15, 0.2) is 0 Å². The number of ether oxygens (including phenoxy) is 2. The molecule has 1 atom stereocenters. The van der Waals surface area contributed by atoms with Gasteiger partial charge in [-0.05, 0) is 43.7 Å². The van der Waals surface area contributed by atoms with Gasteiger partial charge >= 0.3 is 0 Å². The number of sulfonamides is 1. The number of benzene rings is 3. The molecule has 1 N–H and O–H groups in total. The molecule has 0 radical (unpaired) electrons. The highest BCUT2D eigenvalue weighted by atomic mass is 32.2. The monoisotopic (exact) mass is 539 g/mol. The molecule has 202 valence electrons. The quantitative estimate of drug-likeness (QED) is 0.378. The number of anilines is 1. The summed E-state index contributed by atoms with van der Waals surface area (Å²) in [6.45, 7) is 3.35. The Morgan fingerprint density at radius 1 is 0.921 bits per heavy atom. The molecule has 3 rings (SSSR count). The fourth-order valence-corrected chi connectivity index (χ4v) is 5.35. The molecule has 0 saturated carbocycles. The Bertz CT molecular complexity index is 1330. The second-order valence-corrected chi connectivity index (χ2v) is 10.3. The molecule has 3 aromatic carbocycles. The van der Waals surface area contributed by atoms with Crippen molar-refractivity contribution in [1.29, 1.82) is 0 Å². The highest BCUT2D eigenvalue weighted by Gasteiger charge is 2.34. The number of carbonyl (C=O) groups excluding carboxylic acids is 2. The lowest BCUT2D eigenvalue weighted by Crippen LogP contribution is -2.51. The van der Waals surface area contributed by atoms with E-state index in [2.05, 4.69) is 5.32 Å². The van der Waals surface area contributed by atoms with E-state index in [1.54, 1.807) is 44.2 Å². The summed E-state index contributed by atoms with van der Waals surface area (Å²) in [7, 11) is -1.34. The number of nitrogens with one attached hydrogen (secondary N) is 1. The maximum Gasteiger partial charge on any atom is 0.264 e. The van der Waals surface area contributed by atoms with E-state index in [-0.39, 0.29) is 28.8 Å². The van der Waals surface area contributed by atoms with E-state index in [4.69, 9.17) is 9.47 Å². The molecule has 2 amide bonds. The average molecular weight is 540 g/mol. The summed E-state index contributed by atoms with van der Waals surface area (Å²) in [5.74, 6) is -0.270. The predicted molar refractivity (Wildman–Crippen MR) is 146 cm³/mol. The van der Waals surface area contributed by atoms with Crippen LogP contribution in [-0.4, -0.2) is 58.5 Å². The Hall–Kier alpha value is -4.05. The first-order valence-electron chi connectivity index (χ1n) is 12.1. The van der Waals surface area contributed by atoms with Crippen LogP contribution in [0.1, 0.15) is 19.4 Å². The van der Waals surface area contributed by atoms with Crippen molar-refractivity contribution in [2.45, 2.75) is 31.3 Å². The van der Waals surface area contributed by atoms with E-state index in [0.29, 0.717) is 12.3 Å². The third-order valence-corrected chi connectivity index (χ3v) is 7.75. The zero-order chi connectivity index (χ0) is 27.7. The van der Waals surface area contributed by atoms with Crippen LogP contribution >= 0.6 is 0 Å². The van der Waals surface area contributed by atoms with Gasteiger partial charge in [-0.2, -0.15) is 0 Å². The molecule has 38 heavy (non-hydrogen) atoms. The lowest BCUT2D eigenvalue weighted by Gasteiger charge is -2.32. The van der Waals surface area contributed by atoms with E-state index in [0.717, 1.165) is 9.87 Å². The summed E-state index contributed by atoms with van der Waals surface area (Å²) in [6, 6.07) is 20.9. The second kappa shape index (κ2) is 13.0. The van der Waals surface area contributed by atoms with Crippen molar-refractivity contribution < 1.29 is 27.5 Å². The second-order valence-electron chi connectivity index (χ2n) is 8.44. The van der Waals surface area contributed by atoms with Crippen LogP contribution in [0.15, 0.2) is 83.8 Å². The number of nitrogens with zero attached hydrogens (tertiary/aromatic N) is 2. The molecule has 0 heterocycles. The van der Waals surface area contributed by atoms with Crippen LogP contribution < -0.4 is 19.1 Å². The van der Waals surface area contributed by atoms with Crippen LogP contribution in [0.4, 0.5) is 5.69 Å². The number of hydrogen-bond acceptors (Lipinski definition) is 6. The van der Waals surface area contributed by atoms with Crippen molar-refractivity contribution in [3.05, 3.63) is 84.4 Å². The predicted octanol–water partition coefficient (Wildman–Crippen LogP) is 3.45. The molecular weight excluding hydrogens is 506 g/mol. The first-order chi connectivity index (χ1) is 18.2. The molecule has 0 unspecified atom stereocenters. The fourth-order valence-electron chi connectivity index (χ4n) is 3.91. The topological polar surface area (TPSA) is 105 Å². The SMILES string of the molecule is CCNC(=O)[C@H](C)N(Cc1ccccc1)C(=O)CN(c1cc(OC)ccc1OC)S(=O)(=O)c1ccccc1. The Morgan fingerprint density at radius 2 is 1.55 bits per heavy atom. The number of rotatable bonds is 12. The number of amides is 2. The lowest BCUT2D eigenvalue weighted by atomic mass is 10.1. The summed E-state index contributed by atoms with van der Waals surface area (Å²) in [5, 5.41) is 2.74. The maximum absolute atomic E-state index is 13.9. The third-order valence-electron chi connectivity index (χ3n) is 5.98. The van der Waals surface area contributed by atoms with Gasteiger partial charge in [0.2, 0.25) is 11.8 Å². The Labute approximate surface area is 224 Å². The number of carbonyl (C=O) groups is 2. The van der Waals surface area contributed by atoms with Gasteiger partial charge in [-0.1, -0.05) is 48.5 Å². The smallest absolute Gasteiger partial charge is 0.264 e. The van der Waals surface area contributed by atoms with Crippen LogP contribution in [-0.2, 0) is 26.2 Å². The molecule has 10 heteroatoms. The first kappa shape index (κ1) is 28.5. The Morgan fingerprint density at radius 3 is 2.13 bits per heavy atom. The standard InChI is InChI=1S/C28H33N3O6S/c1-5-29-28(33)21(2)30(19-22-12-8-6-9-13-22)27(32)20-31(38(34,35)24-14-10-7-11-15-24)25-18-23(36-3)16-17-26(25)37-4/h6-18,21H,5,19-20H2,1-4H3,(H,29,33)/t21-/m0/s1. The highest BCUT2D eigenvalue weighted by Crippen LogP contribution is 2.35. The first-order valence-corrected chi connectivity index (χ1v) is 13.6. The van der Waals surface area contributed by atoms with Crippen molar-refractivity contribution in [3.8, 4) is 11.5 Å². The highest BCUT2D eigenvalue weighted by molar-refractivity contribution is 7.92. The van der Waals surface area contributed by atoms with E-state index in [1.165, 1.54) is 37.3 Å². The Kier molecular flexibility index (Phi) is 9.72. The molecule has 0 bridgehead atoms. The molecule has 3 aromatic rings. The zero-order valence-electron chi connectivity index (χ0n) is 22.0. The summed E-state index contributed by atoms with van der Waals surface area (Å²) < 4.78 is 39.6. The average Bonchev–Trinajstić information content (AvgIpc) is 2.94. The molecule has 0 spiro atoms. The van der Waals surface area contributed by atoms with E-state index >= 15 is 0 Å². The minimum atomic E-state index is -4.22. The van der Waals surface area contributed by atoms with Crippen molar-refractivity contribution in [1.82, 2.24) is 10.2 Å². The van der Waals surface area contributed by atoms with Crippen LogP contribution in [0.25, 0.3) is 0 Å². The van der Waals surface area contributed by atoms with E-state index < -0.39 is 28.5 Å². The summed E-state index contributed by atoms with van der Waals surface area (Å²) in [6.07, 6.45) is 0. The van der Waals surface area contributed by atoms with Gasteiger partial charge < -0.3 is 19.7 Å². The number of hydrogen-bond donors (Lipinski definition) is 1.